The lowest BCUT2D eigenvalue weighted by Crippen LogP contribution is -2.73. The molecule has 6 nitrogen and oxygen atoms in total. The second-order valence-corrected chi connectivity index (χ2v) is 6.04. The Bertz CT molecular complexity index is 638. The first-order valence-electron chi connectivity index (χ1n) is 6.90. The number of amides is 2. The molecule has 1 aliphatic heterocycles. The molecule has 10 heteroatoms. The van der Waals surface area contributed by atoms with Crippen LogP contribution < -0.4 is 10.6 Å². The van der Waals surface area contributed by atoms with Gasteiger partial charge in [-0.1, -0.05) is 28.1 Å². The molecule has 0 unspecified atom stereocenters. The lowest BCUT2D eigenvalue weighted by molar-refractivity contribution is -0.294. The molecule has 1 heterocycles. The Hall–Kier alpha value is -1.81. The van der Waals surface area contributed by atoms with Crippen LogP contribution in [-0.4, -0.2) is 35.6 Å². The van der Waals surface area contributed by atoms with Crippen LogP contribution in [0.25, 0.3) is 0 Å². The van der Waals surface area contributed by atoms with Crippen molar-refractivity contribution < 1.29 is 32.6 Å². The number of rotatable bonds is 3. The number of carbonyl (C=O) groups excluding carboxylic acids is 2. The number of hydrogen-bond acceptors (Lipinski definition) is 4. The minimum Gasteiger partial charge on any atom is -0.466 e. The summed E-state index contributed by atoms with van der Waals surface area (Å²) in [4.78, 5) is 23.8. The summed E-state index contributed by atoms with van der Waals surface area (Å²) in [6.45, 7) is 1.25. The average Bonchev–Trinajstić information content (AvgIpc) is 2.46. The van der Waals surface area contributed by atoms with Gasteiger partial charge in [-0.25, -0.2) is 4.79 Å². The molecule has 0 aromatic heterocycles. The highest BCUT2D eigenvalue weighted by atomic mass is 79.9. The third-order valence-corrected chi connectivity index (χ3v) is 4.10. The number of aliphatic hydroxyl groups is 1. The molecule has 3 N–H and O–H groups in total. The van der Waals surface area contributed by atoms with E-state index >= 15 is 0 Å². The quantitative estimate of drug-likeness (QED) is 0.666. The van der Waals surface area contributed by atoms with Crippen molar-refractivity contribution in [2.75, 3.05) is 6.61 Å². The fourth-order valence-electron chi connectivity index (χ4n) is 2.48. The van der Waals surface area contributed by atoms with Crippen molar-refractivity contribution in [3.63, 3.8) is 0 Å². The van der Waals surface area contributed by atoms with Gasteiger partial charge in [-0.15, -0.1) is 0 Å². The molecule has 2 rings (SSSR count). The molecular weight excluding hydrogens is 397 g/mol. The summed E-state index contributed by atoms with van der Waals surface area (Å²) in [7, 11) is 0. The Morgan fingerprint density at radius 2 is 1.96 bits per heavy atom. The summed E-state index contributed by atoms with van der Waals surface area (Å²) < 4.78 is 45.5. The summed E-state index contributed by atoms with van der Waals surface area (Å²) in [5.74, 6) is -3.39. The minimum absolute atomic E-state index is 0.176. The van der Waals surface area contributed by atoms with Gasteiger partial charge < -0.3 is 20.5 Å². The van der Waals surface area contributed by atoms with Crippen molar-refractivity contribution in [3.05, 3.63) is 34.3 Å². The monoisotopic (exact) mass is 410 g/mol. The van der Waals surface area contributed by atoms with Gasteiger partial charge in [-0.2, -0.15) is 13.2 Å². The topological polar surface area (TPSA) is 87.7 Å². The number of nitrogens with one attached hydrogen (secondary N) is 2. The summed E-state index contributed by atoms with van der Waals surface area (Å²) in [5.41, 5.74) is -3.53. The summed E-state index contributed by atoms with van der Waals surface area (Å²) in [5, 5.41) is 13.8. The normalized spacial score (nSPS) is 27.2. The van der Waals surface area contributed by atoms with Gasteiger partial charge in [0.25, 0.3) is 5.72 Å². The minimum atomic E-state index is -5.28. The number of carbonyl (C=O) groups is 2. The van der Waals surface area contributed by atoms with Crippen LogP contribution in [-0.2, 0) is 9.53 Å². The first-order valence-corrected chi connectivity index (χ1v) is 7.69. The molecule has 1 fully saturated rings. The highest BCUT2D eigenvalue weighted by molar-refractivity contribution is 9.10. The zero-order valence-electron chi connectivity index (χ0n) is 12.4. The molecule has 1 aromatic rings. The van der Waals surface area contributed by atoms with Crippen LogP contribution in [0, 0.1) is 5.92 Å². The van der Waals surface area contributed by atoms with E-state index in [9.17, 15) is 27.9 Å². The smallest absolute Gasteiger partial charge is 0.437 e. The maximum atomic E-state index is 13.4. The third-order valence-electron chi connectivity index (χ3n) is 3.58. The highest BCUT2D eigenvalue weighted by Gasteiger charge is 2.67. The van der Waals surface area contributed by atoms with E-state index in [-0.39, 0.29) is 12.2 Å². The van der Waals surface area contributed by atoms with E-state index < -0.39 is 35.9 Å². The van der Waals surface area contributed by atoms with Crippen molar-refractivity contribution in [1.82, 2.24) is 10.6 Å². The Labute approximate surface area is 143 Å². The molecule has 0 radical (unpaired) electrons. The number of hydrogen-bond donors (Lipinski definition) is 3. The lowest BCUT2D eigenvalue weighted by Gasteiger charge is -2.44. The van der Waals surface area contributed by atoms with E-state index in [2.05, 4.69) is 26.0 Å². The first kappa shape index (κ1) is 18.5. The van der Waals surface area contributed by atoms with Gasteiger partial charge in [-0.3, -0.25) is 4.79 Å². The lowest BCUT2D eigenvalue weighted by atomic mass is 9.82. The van der Waals surface area contributed by atoms with Crippen LogP contribution in [0.1, 0.15) is 18.5 Å². The standard InChI is InChI=1S/C14H14BrF3N2O4/c1-2-24-11(21)9-10(7-3-5-8(15)6-4-7)19-12(22)20-13(9,23)14(16,17)18/h3-6,9-10,23H,2H2,1H3,(H2,19,20,22)/t9-,10+,13-/m0/s1. The van der Waals surface area contributed by atoms with Crippen molar-refractivity contribution in [3.8, 4) is 0 Å². The van der Waals surface area contributed by atoms with E-state index in [1.54, 1.807) is 12.1 Å². The van der Waals surface area contributed by atoms with Gasteiger partial charge in [0.1, 0.15) is 5.92 Å². The largest absolute Gasteiger partial charge is 0.466 e. The molecule has 0 spiro atoms. The van der Waals surface area contributed by atoms with Crippen molar-refractivity contribution in [1.29, 1.82) is 0 Å². The summed E-state index contributed by atoms with van der Waals surface area (Å²) >= 11 is 3.18. The van der Waals surface area contributed by atoms with Crippen LogP contribution in [0.15, 0.2) is 28.7 Å². The van der Waals surface area contributed by atoms with Crippen LogP contribution in [0.3, 0.4) is 0 Å². The zero-order chi connectivity index (χ0) is 18.1. The number of ether oxygens (including phenoxy) is 1. The molecule has 1 aromatic carbocycles. The summed E-state index contributed by atoms with van der Waals surface area (Å²) in [6.07, 6.45) is -5.28. The Morgan fingerprint density at radius 1 is 1.38 bits per heavy atom. The van der Waals surface area contributed by atoms with Crippen LogP contribution in [0.5, 0.6) is 0 Å². The molecule has 0 saturated carbocycles. The Morgan fingerprint density at radius 3 is 2.46 bits per heavy atom. The number of urea groups is 1. The van der Waals surface area contributed by atoms with E-state index in [1.807, 2.05) is 0 Å². The van der Waals surface area contributed by atoms with E-state index in [4.69, 9.17) is 0 Å². The number of benzene rings is 1. The van der Waals surface area contributed by atoms with Gasteiger partial charge in [-0.05, 0) is 24.6 Å². The number of alkyl halides is 3. The third kappa shape index (κ3) is 3.34. The van der Waals surface area contributed by atoms with E-state index in [1.165, 1.54) is 24.4 Å². The van der Waals surface area contributed by atoms with Crippen LogP contribution >= 0.6 is 15.9 Å². The molecule has 2 amide bonds. The number of halogens is 4. The van der Waals surface area contributed by atoms with Crippen molar-refractivity contribution in [2.24, 2.45) is 5.92 Å². The maximum absolute atomic E-state index is 13.4. The molecule has 132 valence electrons. The van der Waals surface area contributed by atoms with Gasteiger partial charge in [0.05, 0.1) is 12.6 Å². The molecule has 0 aliphatic carbocycles. The van der Waals surface area contributed by atoms with Crippen LogP contribution in [0.2, 0.25) is 0 Å². The predicted molar refractivity (Wildman–Crippen MR) is 79.7 cm³/mol. The average molecular weight is 411 g/mol. The SMILES string of the molecule is CCOC(=O)[C@@H]1[C@@H](c2ccc(Br)cc2)NC(=O)N[C@@]1(O)C(F)(F)F. The maximum Gasteiger partial charge on any atom is 0.437 e. The second kappa shape index (κ2) is 6.60. The molecule has 3 atom stereocenters. The van der Waals surface area contributed by atoms with Crippen LogP contribution in [0.4, 0.5) is 18.0 Å². The van der Waals surface area contributed by atoms with Gasteiger partial charge in [0.2, 0.25) is 0 Å². The van der Waals surface area contributed by atoms with Gasteiger partial charge in [0, 0.05) is 4.47 Å². The molecule has 24 heavy (non-hydrogen) atoms. The fourth-order valence-corrected chi connectivity index (χ4v) is 2.75. The predicted octanol–water partition coefficient (Wildman–Crippen LogP) is 2.23. The second-order valence-electron chi connectivity index (χ2n) is 5.12. The molecular formula is C14H14BrF3N2O4. The van der Waals surface area contributed by atoms with Crippen molar-refractivity contribution >= 4 is 27.9 Å². The van der Waals surface area contributed by atoms with Gasteiger partial charge in [0.15, 0.2) is 0 Å². The van der Waals surface area contributed by atoms with E-state index in [0.717, 1.165) is 0 Å². The van der Waals surface area contributed by atoms with Gasteiger partial charge >= 0.3 is 18.2 Å². The fraction of sp³-hybridized carbons (Fsp3) is 0.429. The Kier molecular flexibility index (Phi) is 5.09. The van der Waals surface area contributed by atoms with E-state index in [0.29, 0.717) is 4.47 Å². The number of esters is 1. The molecule has 0 bridgehead atoms. The molecule has 1 saturated heterocycles. The highest BCUT2D eigenvalue weighted by Crippen LogP contribution is 2.43. The summed E-state index contributed by atoms with van der Waals surface area (Å²) in [6, 6.07) is 3.28. The first-order chi connectivity index (χ1) is 11.1. The zero-order valence-corrected chi connectivity index (χ0v) is 13.9. The van der Waals surface area contributed by atoms with Crippen molar-refractivity contribution in [2.45, 2.75) is 24.9 Å². The molecule has 1 aliphatic rings. The Balaban J connectivity index is 2.55.